The number of rotatable bonds is 3. The molecule has 0 radical (unpaired) electrons. The number of carbonyl (C=O) groups excluding carboxylic acids is 3. The topological polar surface area (TPSA) is 78.8 Å². The molecule has 25 heavy (non-hydrogen) atoms. The van der Waals surface area contributed by atoms with Gasteiger partial charge in [-0.1, -0.05) is 12.1 Å². The van der Waals surface area contributed by atoms with Gasteiger partial charge < -0.3 is 0 Å². The zero-order valence-electron chi connectivity index (χ0n) is 12.6. The minimum atomic E-state index is -1.32. The van der Waals surface area contributed by atoms with Crippen LogP contribution in [0.5, 0.6) is 0 Å². The Balaban J connectivity index is 1.90. The zero-order valence-corrected chi connectivity index (χ0v) is 14.8. The highest BCUT2D eigenvalue weighted by molar-refractivity contribution is 14.1. The molecule has 0 aliphatic carbocycles. The van der Waals surface area contributed by atoms with E-state index in [2.05, 4.69) is 27.6 Å². The van der Waals surface area contributed by atoms with Crippen LogP contribution in [0.1, 0.15) is 0 Å². The van der Waals surface area contributed by atoms with E-state index in [0.29, 0.717) is 10.6 Å². The Hall–Kier alpha value is -2.62. The van der Waals surface area contributed by atoms with Gasteiger partial charge in [0.05, 0.1) is 11.4 Å². The summed E-state index contributed by atoms with van der Waals surface area (Å²) in [5.41, 5.74) is 0.334. The summed E-state index contributed by atoms with van der Waals surface area (Å²) in [5.74, 6) is -3.71. The molecule has 1 atom stereocenters. The molecule has 0 bridgehead atoms. The number of para-hydroxylation sites is 1. The average molecular weight is 451 g/mol. The summed E-state index contributed by atoms with van der Waals surface area (Å²) < 4.78 is 15.0. The van der Waals surface area contributed by atoms with E-state index in [1.54, 1.807) is 12.1 Å². The van der Waals surface area contributed by atoms with Crippen molar-refractivity contribution >= 4 is 58.0 Å². The van der Waals surface area contributed by atoms with Gasteiger partial charge >= 0.3 is 6.03 Å². The number of carbonyl (C=O) groups is 3. The molecule has 1 heterocycles. The third-order valence-corrected chi connectivity index (χ3v) is 4.21. The van der Waals surface area contributed by atoms with Gasteiger partial charge in [-0.25, -0.2) is 14.1 Å². The maximum absolute atomic E-state index is 13.9. The molecular weight excluding hydrogens is 440 g/mol. The second-order valence-corrected chi connectivity index (χ2v) is 6.40. The standard InChI is InChI=1S/C17H11FIN3O3/c18-13-3-1-2-4-14(13)22-16(24)12(15(23)21-17(22)25)9-20-11-7-5-10(19)6-8-11/h1-9,12H,(H,21,23,25)/t12-/m1/s1. The number of amides is 4. The molecule has 1 aliphatic rings. The number of imide groups is 2. The van der Waals surface area contributed by atoms with Crippen LogP contribution in [0.4, 0.5) is 20.6 Å². The second-order valence-electron chi connectivity index (χ2n) is 5.15. The van der Waals surface area contributed by atoms with Crippen molar-refractivity contribution < 1.29 is 18.8 Å². The van der Waals surface area contributed by atoms with Gasteiger partial charge in [0.15, 0.2) is 5.92 Å². The largest absolute Gasteiger partial charge is 0.335 e. The number of nitrogens with zero attached hydrogens (tertiary/aromatic N) is 2. The number of hydrogen-bond donors (Lipinski definition) is 1. The fraction of sp³-hybridized carbons (Fsp3) is 0.0588. The Morgan fingerprint density at radius 3 is 2.44 bits per heavy atom. The lowest BCUT2D eigenvalue weighted by Gasteiger charge is -2.28. The van der Waals surface area contributed by atoms with Crippen LogP contribution in [-0.4, -0.2) is 24.1 Å². The van der Waals surface area contributed by atoms with E-state index in [0.717, 1.165) is 15.9 Å². The lowest BCUT2D eigenvalue weighted by Crippen LogP contribution is -2.58. The van der Waals surface area contributed by atoms with Crippen LogP contribution < -0.4 is 10.2 Å². The summed E-state index contributed by atoms with van der Waals surface area (Å²) in [6, 6.07) is 11.5. The van der Waals surface area contributed by atoms with Crippen LogP contribution in [0, 0.1) is 15.3 Å². The van der Waals surface area contributed by atoms with Gasteiger partial charge in [0.1, 0.15) is 5.82 Å². The second kappa shape index (κ2) is 7.09. The van der Waals surface area contributed by atoms with Crippen molar-refractivity contribution in [1.82, 2.24) is 5.32 Å². The van der Waals surface area contributed by atoms with E-state index < -0.39 is 29.6 Å². The normalized spacial score (nSPS) is 17.9. The molecule has 4 amide bonds. The molecule has 1 saturated heterocycles. The number of barbiturate groups is 1. The molecule has 2 aromatic rings. The quantitative estimate of drug-likeness (QED) is 0.443. The van der Waals surface area contributed by atoms with Gasteiger partial charge in [0, 0.05) is 9.78 Å². The molecule has 1 fully saturated rings. The average Bonchev–Trinajstić information content (AvgIpc) is 2.57. The van der Waals surface area contributed by atoms with Crippen molar-refractivity contribution in [2.75, 3.05) is 4.90 Å². The van der Waals surface area contributed by atoms with E-state index in [9.17, 15) is 18.8 Å². The minimum Gasteiger partial charge on any atom is -0.276 e. The smallest absolute Gasteiger partial charge is 0.276 e. The summed E-state index contributed by atoms with van der Waals surface area (Å²) in [5, 5.41) is 2.05. The molecule has 3 rings (SSSR count). The first-order valence-electron chi connectivity index (χ1n) is 7.20. The van der Waals surface area contributed by atoms with Crippen molar-refractivity contribution in [3.05, 3.63) is 57.9 Å². The monoisotopic (exact) mass is 451 g/mol. The van der Waals surface area contributed by atoms with E-state index in [1.807, 2.05) is 17.4 Å². The molecule has 0 spiro atoms. The van der Waals surface area contributed by atoms with Crippen molar-refractivity contribution in [3.8, 4) is 0 Å². The number of aliphatic imine (C=N–C) groups is 1. The van der Waals surface area contributed by atoms with Gasteiger partial charge in [0.25, 0.3) is 5.91 Å². The van der Waals surface area contributed by atoms with Crippen LogP contribution in [0.15, 0.2) is 53.5 Å². The van der Waals surface area contributed by atoms with Gasteiger partial charge in [-0.15, -0.1) is 0 Å². The zero-order chi connectivity index (χ0) is 18.0. The number of anilines is 1. The van der Waals surface area contributed by atoms with E-state index in [1.165, 1.54) is 18.2 Å². The Bertz CT molecular complexity index is 883. The van der Waals surface area contributed by atoms with Crippen molar-refractivity contribution in [2.24, 2.45) is 10.9 Å². The lowest BCUT2D eigenvalue weighted by atomic mass is 10.1. The van der Waals surface area contributed by atoms with Crippen LogP contribution in [0.3, 0.4) is 0 Å². The molecule has 1 aliphatic heterocycles. The number of nitrogens with one attached hydrogen (secondary N) is 1. The maximum Gasteiger partial charge on any atom is 0.335 e. The number of hydrogen-bond acceptors (Lipinski definition) is 4. The van der Waals surface area contributed by atoms with Crippen molar-refractivity contribution in [1.29, 1.82) is 0 Å². The van der Waals surface area contributed by atoms with Gasteiger partial charge in [-0.3, -0.25) is 19.9 Å². The molecule has 1 N–H and O–H groups in total. The van der Waals surface area contributed by atoms with E-state index in [-0.39, 0.29) is 5.69 Å². The number of halogens is 2. The first-order valence-corrected chi connectivity index (χ1v) is 8.28. The summed E-state index contributed by atoms with van der Waals surface area (Å²) in [6.45, 7) is 0. The maximum atomic E-state index is 13.9. The molecule has 2 aromatic carbocycles. The minimum absolute atomic E-state index is 0.217. The van der Waals surface area contributed by atoms with Crippen LogP contribution in [0.2, 0.25) is 0 Å². The summed E-state index contributed by atoms with van der Waals surface area (Å²) >= 11 is 2.14. The Morgan fingerprint density at radius 1 is 1.08 bits per heavy atom. The van der Waals surface area contributed by atoms with Gasteiger partial charge in [-0.05, 0) is 59.0 Å². The molecule has 6 nitrogen and oxygen atoms in total. The highest BCUT2D eigenvalue weighted by Gasteiger charge is 2.41. The Labute approximate surface area is 155 Å². The Kier molecular flexibility index (Phi) is 4.88. The third kappa shape index (κ3) is 3.58. The highest BCUT2D eigenvalue weighted by Crippen LogP contribution is 2.23. The molecule has 0 saturated carbocycles. The molecule has 0 unspecified atom stereocenters. The number of benzene rings is 2. The summed E-state index contributed by atoms with van der Waals surface area (Å²) in [4.78, 5) is 41.3. The summed E-state index contributed by atoms with van der Waals surface area (Å²) in [6.07, 6.45) is 1.15. The van der Waals surface area contributed by atoms with Crippen LogP contribution in [0.25, 0.3) is 0 Å². The molecule has 0 aromatic heterocycles. The first-order chi connectivity index (χ1) is 12.0. The predicted octanol–water partition coefficient (Wildman–Crippen LogP) is 3.03. The fourth-order valence-corrected chi connectivity index (χ4v) is 2.63. The van der Waals surface area contributed by atoms with Gasteiger partial charge in [0.2, 0.25) is 5.91 Å². The SMILES string of the molecule is O=C1NC(=O)N(c2ccccc2F)C(=O)[C@@H]1C=Nc1ccc(I)cc1. The predicted molar refractivity (Wildman–Crippen MR) is 98.2 cm³/mol. The molecular formula is C17H11FIN3O3. The Morgan fingerprint density at radius 2 is 1.76 bits per heavy atom. The molecule has 8 heteroatoms. The van der Waals surface area contributed by atoms with Crippen LogP contribution >= 0.6 is 22.6 Å². The van der Waals surface area contributed by atoms with E-state index >= 15 is 0 Å². The fourth-order valence-electron chi connectivity index (χ4n) is 2.27. The first kappa shape index (κ1) is 17.2. The van der Waals surface area contributed by atoms with E-state index in [4.69, 9.17) is 0 Å². The lowest BCUT2D eigenvalue weighted by molar-refractivity contribution is -0.131. The van der Waals surface area contributed by atoms with Crippen LogP contribution in [-0.2, 0) is 9.59 Å². The van der Waals surface area contributed by atoms with Crippen molar-refractivity contribution in [3.63, 3.8) is 0 Å². The third-order valence-electron chi connectivity index (χ3n) is 3.49. The molecule has 126 valence electrons. The van der Waals surface area contributed by atoms with Gasteiger partial charge in [-0.2, -0.15) is 0 Å². The van der Waals surface area contributed by atoms with Crippen molar-refractivity contribution in [2.45, 2.75) is 0 Å². The number of urea groups is 1. The summed E-state index contributed by atoms with van der Waals surface area (Å²) in [7, 11) is 0. The highest BCUT2D eigenvalue weighted by atomic mass is 127.